The van der Waals surface area contributed by atoms with Crippen molar-refractivity contribution in [2.75, 3.05) is 36.9 Å². The molecule has 3 rings (SSSR count). The average Bonchev–Trinajstić information content (AvgIpc) is 2.67. The van der Waals surface area contributed by atoms with Gasteiger partial charge in [0.15, 0.2) is 0 Å². The summed E-state index contributed by atoms with van der Waals surface area (Å²) in [4.78, 5) is 26.6. The third-order valence-corrected chi connectivity index (χ3v) is 4.26. The number of β-amino-alcohol motifs (C(OH)–C–C–N with tert-alkyl or cyclic N) is 1. The summed E-state index contributed by atoms with van der Waals surface area (Å²) in [7, 11) is 1.80. The molecule has 1 atom stereocenters. The molecule has 2 aromatic rings. The van der Waals surface area contributed by atoms with Gasteiger partial charge in [0, 0.05) is 38.9 Å². The molecule has 132 valence electrons. The summed E-state index contributed by atoms with van der Waals surface area (Å²) in [6.07, 6.45) is 4.50. The van der Waals surface area contributed by atoms with E-state index >= 15 is 0 Å². The molecule has 0 bridgehead atoms. The van der Waals surface area contributed by atoms with Crippen LogP contribution in [-0.2, 0) is 0 Å². The van der Waals surface area contributed by atoms with Crippen LogP contribution in [0.5, 0.6) is 0 Å². The van der Waals surface area contributed by atoms with Crippen LogP contribution in [0, 0.1) is 0 Å². The number of hydrogen-bond donors (Lipinski definition) is 3. The minimum atomic E-state index is -1.01. The number of amides is 1. The summed E-state index contributed by atoms with van der Waals surface area (Å²) < 4.78 is 0. The summed E-state index contributed by atoms with van der Waals surface area (Å²) in [6, 6.07) is 7.00. The lowest BCUT2D eigenvalue weighted by molar-refractivity contribution is 0.0253. The minimum absolute atomic E-state index is 0.170. The lowest BCUT2D eigenvalue weighted by Gasteiger charge is -2.39. The first-order valence-electron chi connectivity index (χ1n) is 8.26. The van der Waals surface area contributed by atoms with Crippen molar-refractivity contribution in [3.8, 4) is 0 Å². The molecule has 8 nitrogen and oxygen atoms in total. The molecule has 0 saturated carbocycles. The van der Waals surface area contributed by atoms with Gasteiger partial charge in [-0.15, -0.1) is 0 Å². The van der Waals surface area contributed by atoms with Crippen molar-refractivity contribution in [2.45, 2.75) is 18.4 Å². The fourth-order valence-corrected chi connectivity index (χ4v) is 2.94. The molecular weight excluding hydrogens is 320 g/mol. The maximum Gasteiger partial charge on any atom is 0.269 e. The van der Waals surface area contributed by atoms with Crippen molar-refractivity contribution in [3.05, 3.63) is 42.5 Å². The van der Waals surface area contributed by atoms with E-state index in [0.717, 1.165) is 24.6 Å². The number of nitrogens with zero attached hydrogens (tertiary/aromatic N) is 4. The number of rotatable bonds is 5. The zero-order valence-corrected chi connectivity index (χ0v) is 14.1. The van der Waals surface area contributed by atoms with Gasteiger partial charge in [-0.2, -0.15) is 0 Å². The number of aromatic nitrogens is 3. The maximum absolute atomic E-state index is 12.1. The van der Waals surface area contributed by atoms with Crippen molar-refractivity contribution in [2.24, 2.45) is 0 Å². The van der Waals surface area contributed by atoms with Crippen LogP contribution in [0.4, 0.5) is 11.6 Å². The van der Waals surface area contributed by atoms with Crippen LogP contribution in [0.15, 0.2) is 36.8 Å². The van der Waals surface area contributed by atoms with Crippen LogP contribution in [0.3, 0.4) is 0 Å². The van der Waals surface area contributed by atoms with E-state index in [9.17, 15) is 9.90 Å². The smallest absolute Gasteiger partial charge is 0.269 e. The van der Waals surface area contributed by atoms with Gasteiger partial charge in [0.25, 0.3) is 5.91 Å². The third-order valence-electron chi connectivity index (χ3n) is 4.26. The van der Waals surface area contributed by atoms with Gasteiger partial charge in [0.05, 0.1) is 5.60 Å². The van der Waals surface area contributed by atoms with Crippen molar-refractivity contribution < 1.29 is 9.90 Å². The number of carbonyl (C=O) groups excluding carboxylic acids is 1. The van der Waals surface area contributed by atoms with E-state index in [-0.39, 0.29) is 12.5 Å². The second-order valence-corrected chi connectivity index (χ2v) is 6.16. The molecule has 2 aromatic heterocycles. The molecule has 1 saturated heterocycles. The lowest BCUT2D eigenvalue weighted by atomic mass is 9.92. The Morgan fingerprint density at radius 3 is 3.00 bits per heavy atom. The van der Waals surface area contributed by atoms with Gasteiger partial charge in [0.1, 0.15) is 23.7 Å². The van der Waals surface area contributed by atoms with Gasteiger partial charge < -0.3 is 20.6 Å². The number of anilines is 2. The van der Waals surface area contributed by atoms with E-state index < -0.39 is 5.60 Å². The molecule has 1 aliphatic heterocycles. The number of carbonyl (C=O) groups is 1. The van der Waals surface area contributed by atoms with Crippen LogP contribution < -0.4 is 15.5 Å². The van der Waals surface area contributed by atoms with Crippen LogP contribution in [0.2, 0.25) is 0 Å². The van der Waals surface area contributed by atoms with Gasteiger partial charge >= 0.3 is 0 Å². The molecule has 1 aliphatic rings. The quantitative estimate of drug-likeness (QED) is 0.734. The number of aliphatic hydroxyl groups is 1. The predicted molar refractivity (Wildman–Crippen MR) is 94.5 cm³/mol. The van der Waals surface area contributed by atoms with Crippen molar-refractivity contribution in [1.29, 1.82) is 0 Å². The van der Waals surface area contributed by atoms with E-state index in [2.05, 4.69) is 25.6 Å². The van der Waals surface area contributed by atoms with E-state index in [1.54, 1.807) is 31.4 Å². The Bertz CT molecular complexity index is 726. The standard InChI is InChI=1S/C17H22N6O2/c1-18-14-9-15(22-12-21-14)23-8-4-6-17(25,11-23)10-20-16(24)13-5-2-3-7-19-13/h2-3,5,7,9,12,25H,4,6,8,10-11H2,1H3,(H,20,24)(H,18,21,22)/t17-/m1/s1. The first kappa shape index (κ1) is 17.1. The minimum Gasteiger partial charge on any atom is -0.386 e. The van der Waals surface area contributed by atoms with Crippen molar-refractivity contribution >= 4 is 17.5 Å². The summed E-state index contributed by atoms with van der Waals surface area (Å²) in [5.41, 5.74) is -0.666. The highest BCUT2D eigenvalue weighted by molar-refractivity contribution is 5.92. The summed E-state index contributed by atoms with van der Waals surface area (Å²) >= 11 is 0. The summed E-state index contributed by atoms with van der Waals surface area (Å²) in [5, 5.41) is 16.7. The molecule has 3 N–H and O–H groups in total. The first-order chi connectivity index (χ1) is 12.1. The molecular formula is C17H22N6O2. The second kappa shape index (κ2) is 7.43. The van der Waals surface area contributed by atoms with Crippen molar-refractivity contribution in [1.82, 2.24) is 20.3 Å². The van der Waals surface area contributed by atoms with Gasteiger partial charge in [-0.25, -0.2) is 9.97 Å². The maximum atomic E-state index is 12.1. The lowest BCUT2D eigenvalue weighted by Crippen LogP contribution is -2.54. The average molecular weight is 342 g/mol. The Labute approximate surface area is 146 Å². The Morgan fingerprint density at radius 2 is 2.24 bits per heavy atom. The highest BCUT2D eigenvalue weighted by atomic mass is 16.3. The SMILES string of the molecule is CNc1cc(N2CCC[C@@](O)(CNC(=O)c3ccccn3)C2)ncn1. The highest BCUT2D eigenvalue weighted by Gasteiger charge is 2.34. The van der Waals surface area contributed by atoms with Crippen LogP contribution in [0.25, 0.3) is 0 Å². The third kappa shape index (κ3) is 4.21. The molecule has 8 heteroatoms. The summed E-state index contributed by atoms with van der Waals surface area (Å²) in [6.45, 7) is 1.37. The molecule has 25 heavy (non-hydrogen) atoms. The van der Waals surface area contributed by atoms with Gasteiger partial charge in [-0.3, -0.25) is 9.78 Å². The number of hydrogen-bond acceptors (Lipinski definition) is 7. The zero-order valence-electron chi connectivity index (χ0n) is 14.1. The molecule has 3 heterocycles. The Morgan fingerprint density at radius 1 is 1.36 bits per heavy atom. The van der Waals surface area contributed by atoms with E-state index in [1.807, 2.05) is 11.0 Å². The molecule has 0 unspecified atom stereocenters. The molecule has 0 aliphatic carbocycles. The second-order valence-electron chi connectivity index (χ2n) is 6.16. The van der Waals surface area contributed by atoms with Gasteiger partial charge in [-0.05, 0) is 25.0 Å². The number of piperidine rings is 1. The van der Waals surface area contributed by atoms with Crippen molar-refractivity contribution in [3.63, 3.8) is 0 Å². The molecule has 1 fully saturated rings. The number of nitrogens with one attached hydrogen (secondary N) is 2. The number of pyridine rings is 1. The molecule has 0 radical (unpaired) electrons. The van der Waals surface area contributed by atoms with E-state index in [0.29, 0.717) is 18.7 Å². The fourth-order valence-electron chi connectivity index (χ4n) is 2.94. The molecule has 0 aromatic carbocycles. The zero-order chi connectivity index (χ0) is 17.7. The Hall–Kier alpha value is -2.74. The molecule has 0 spiro atoms. The van der Waals surface area contributed by atoms with E-state index in [4.69, 9.17) is 0 Å². The van der Waals surface area contributed by atoms with E-state index in [1.165, 1.54) is 6.33 Å². The van der Waals surface area contributed by atoms with Crippen LogP contribution >= 0.6 is 0 Å². The summed E-state index contributed by atoms with van der Waals surface area (Å²) in [5.74, 6) is 1.20. The molecule has 1 amide bonds. The predicted octanol–water partition coefficient (Wildman–Crippen LogP) is 0.675. The fraction of sp³-hybridized carbons (Fsp3) is 0.412. The highest BCUT2D eigenvalue weighted by Crippen LogP contribution is 2.25. The van der Waals surface area contributed by atoms with Gasteiger partial charge in [-0.1, -0.05) is 6.07 Å². The normalized spacial score (nSPS) is 20.2. The topological polar surface area (TPSA) is 103 Å². The Balaban J connectivity index is 1.64. The van der Waals surface area contributed by atoms with Crippen LogP contribution in [-0.4, -0.2) is 58.2 Å². The Kier molecular flexibility index (Phi) is 5.08. The first-order valence-corrected chi connectivity index (χ1v) is 8.26. The monoisotopic (exact) mass is 342 g/mol. The van der Waals surface area contributed by atoms with Crippen LogP contribution in [0.1, 0.15) is 23.3 Å². The van der Waals surface area contributed by atoms with Gasteiger partial charge in [0.2, 0.25) is 0 Å². The largest absolute Gasteiger partial charge is 0.386 e.